The van der Waals surface area contributed by atoms with Crippen LogP contribution in [-0.4, -0.2) is 77.5 Å². The van der Waals surface area contributed by atoms with Crippen molar-refractivity contribution in [1.29, 1.82) is 0 Å². The molecular formula is C26H34BN5O8. The average Bonchev–Trinajstić information content (AvgIpc) is 2.93. The predicted molar refractivity (Wildman–Crippen MR) is 144 cm³/mol. The number of carboxylic acid groups (broad SMARTS) is 1. The lowest BCUT2D eigenvalue weighted by Gasteiger charge is -2.27. The minimum Gasteiger partial charge on any atom is -0.508 e. The maximum absolute atomic E-state index is 13.6. The quantitative estimate of drug-likeness (QED) is 0.213. The molecule has 214 valence electrons. The number of carboxylic acids is 1. The molecule has 13 nitrogen and oxygen atoms in total. The molecule has 2 rings (SSSR count). The lowest BCUT2D eigenvalue weighted by molar-refractivity contribution is -0.142. The molecule has 40 heavy (non-hydrogen) atoms. The molecule has 14 heteroatoms. The van der Waals surface area contributed by atoms with Crippen molar-refractivity contribution in [2.45, 2.75) is 51.5 Å². The third-order valence-corrected chi connectivity index (χ3v) is 5.54. The monoisotopic (exact) mass is 555 g/mol. The van der Waals surface area contributed by atoms with E-state index in [1.54, 1.807) is 24.3 Å². The van der Waals surface area contributed by atoms with Gasteiger partial charge in [-0.1, -0.05) is 44.2 Å². The Kier molecular flexibility index (Phi) is 13.2. The highest BCUT2D eigenvalue weighted by molar-refractivity contribution is 6.49. The van der Waals surface area contributed by atoms with Crippen LogP contribution >= 0.6 is 0 Å². The van der Waals surface area contributed by atoms with E-state index in [1.807, 2.05) is 19.9 Å². The van der Waals surface area contributed by atoms with Crippen LogP contribution in [0, 0.1) is 5.92 Å². The molecule has 0 aliphatic heterocycles. The molecule has 0 aliphatic rings. The van der Waals surface area contributed by atoms with Crippen molar-refractivity contribution in [3.8, 4) is 0 Å². The van der Waals surface area contributed by atoms with Crippen LogP contribution in [0.1, 0.15) is 49.2 Å². The van der Waals surface area contributed by atoms with Gasteiger partial charge in [0, 0.05) is 32.3 Å². The van der Waals surface area contributed by atoms with Gasteiger partial charge >= 0.3 is 13.1 Å². The molecule has 0 aliphatic carbocycles. The Hall–Kier alpha value is -4.33. The summed E-state index contributed by atoms with van der Waals surface area (Å²) in [4.78, 5) is 69.4. The van der Waals surface area contributed by atoms with Crippen LogP contribution in [0.15, 0.2) is 48.9 Å². The fraction of sp³-hybridized carbons (Fsp3) is 0.423. The number of carbonyl (C=O) groups is 5. The average molecular weight is 555 g/mol. The van der Waals surface area contributed by atoms with Crippen LogP contribution in [0.3, 0.4) is 0 Å². The summed E-state index contributed by atoms with van der Waals surface area (Å²) in [5, 5.41) is 17.0. The van der Waals surface area contributed by atoms with Gasteiger partial charge in [-0.2, -0.15) is 0 Å². The predicted octanol–water partition coefficient (Wildman–Crippen LogP) is 0.547. The Labute approximate surface area is 232 Å². The fourth-order valence-corrected chi connectivity index (χ4v) is 3.65. The summed E-state index contributed by atoms with van der Waals surface area (Å²) in [6.07, 6.45) is 3.98. The molecule has 0 bridgehead atoms. The van der Waals surface area contributed by atoms with Crippen molar-refractivity contribution in [3.05, 3.63) is 60.2 Å². The van der Waals surface area contributed by atoms with Gasteiger partial charge in [-0.3, -0.25) is 24.2 Å². The molecule has 2 atom stereocenters. The maximum atomic E-state index is 13.6. The van der Waals surface area contributed by atoms with Crippen LogP contribution in [0.25, 0.3) is 0 Å². The standard InChI is InChI=1S/C26H34BN5O8/c1-17(2)13-21(27(39-16-23(34)35)40-24(36)10-9-22(33)28-3)32-25(37)19(14-18-7-5-4-6-8-18)31-26(38)20-15-29-11-12-30-20/h4-8,11-12,15,17,19,21H,9-10,13-14,16H2,1-3H3,(H,28,33)(H,31,38)(H,32,37)(H,34,35)/t19-,21-/m0/s1. The second-order valence-corrected chi connectivity index (χ2v) is 9.29. The maximum Gasteiger partial charge on any atom is 0.551 e. The summed E-state index contributed by atoms with van der Waals surface area (Å²) >= 11 is 0. The molecule has 0 saturated heterocycles. The first-order chi connectivity index (χ1) is 19.1. The van der Waals surface area contributed by atoms with E-state index < -0.39 is 49.5 Å². The van der Waals surface area contributed by atoms with Gasteiger partial charge in [0.1, 0.15) is 18.3 Å². The van der Waals surface area contributed by atoms with E-state index in [1.165, 1.54) is 25.6 Å². The number of hydrogen-bond acceptors (Lipinski definition) is 9. The topological polar surface area (TPSA) is 186 Å². The van der Waals surface area contributed by atoms with Crippen molar-refractivity contribution < 1.29 is 38.4 Å². The molecule has 1 aromatic heterocycles. The van der Waals surface area contributed by atoms with Gasteiger partial charge in [0.15, 0.2) is 0 Å². The first-order valence-electron chi connectivity index (χ1n) is 12.7. The van der Waals surface area contributed by atoms with E-state index in [2.05, 4.69) is 25.9 Å². The van der Waals surface area contributed by atoms with Crippen molar-refractivity contribution >= 4 is 36.8 Å². The number of benzene rings is 1. The summed E-state index contributed by atoms with van der Waals surface area (Å²) in [6, 6.07) is 7.93. The third-order valence-electron chi connectivity index (χ3n) is 5.54. The highest BCUT2D eigenvalue weighted by atomic mass is 16.6. The minimum atomic E-state index is -1.47. The first-order valence-corrected chi connectivity index (χ1v) is 12.7. The van der Waals surface area contributed by atoms with Crippen LogP contribution in [-0.2, 0) is 34.9 Å². The third kappa shape index (κ3) is 11.6. The number of aliphatic carboxylic acids is 1. The SMILES string of the molecule is CNC(=O)CCC(=O)OB(OCC(=O)O)[C@H](CC(C)C)NC(=O)[C@H](Cc1ccccc1)NC(=O)c1cnccn1. The van der Waals surface area contributed by atoms with E-state index in [0.717, 1.165) is 5.56 Å². The Balaban J connectivity index is 2.28. The molecule has 4 N–H and O–H groups in total. The lowest BCUT2D eigenvalue weighted by Crippen LogP contribution is -2.56. The summed E-state index contributed by atoms with van der Waals surface area (Å²) in [7, 11) is -0.0388. The normalized spacial score (nSPS) is 12.1. The summed E-state index contributed by atoms with van der Waals surface area (Å²) in [6.45, 7) is 2.92. The number of hydrogen-bond donors (Lipinski definition) is 4. The van der Waals surface area contributed by atoms with E-state index >= 15 is 0 Å². The van der Waals surface area contributed by atoms with Gasteiger partial charge in [0.05, 0.1) is 18.6 Å². The fourth-order valence-electron chi connectivity index (χ4n) is 3.65. The van der Waals surface area contributed by atoms with E-state index in [9.17, 15) is 24.0 Å². The minimum absolute atomic E-state index is 0.0137. The largest absolute Gasteiger partial charge is 0.551 e. The summed E-state index contributed by atoms with van der Waals surface area (Å²) in [5.41, 5.74) is 0.779. The Morgan fingerprint density at radius 2 is 1.75 bits per heavy atom. The van der Waals surface area contributed by atoms with Crippen molar-refractivity contribution in [2.75, 3.05) is 13.7 Å². The van der Waals surface area contributed by atoms with Gasteiger partial charge in [-0.05, 0) is 17.9 Å². The van der Waals surface area contributed by atoms with Crippen LogP contribution in [0.2, 0.25) is 0 Å². The Morgan fingerprint density at radius 3 is 2.35 bits per heavy atom. The van der Waals surface area contributed by atoms with Crippen LogP contribution in [0.4, 0.5) is 0 Å². The number of aromatic nitrogens is 2. The van der Waals surface area contributed by atoms with Crippen LogP contribution in [0.5, 0.6) is 0 Å². The zero-order chi connectivity index (χ0) is 29.5. The number of rotatable bonds is 16. The molecule has 0 fully saturated rings. The van der Waals surface area contributed by atoms with Gasteiger partial charge in [-0.15, -0.1) is 0 Å². The van der Waals surface area contributed by atoms with E-state index in [0.29, 0.717) is 0 Å². The van der Waals surface area contributed by atoms with Crippen molar-refractivity contribution in [2.24, 2.45) is 5.92 Å². The summed E-state index contributed by atoms with van der Waals surface area (Å²) < 4.78 is 10.7. The smallest absolute Gasteiger partial charge is 0.508 e. The van der Waals surface area contributed by atoms with Gasteiger partial charge < -0.3 is 30.4 Å². The van der Waals surface area contributed by atoms with Crippen molar-refractivity contribution in [3.63, 3.8) is 0 Å². The second-order valence-electron chi connectivity index (χ2n) is 9.29. The molecule has 3 amide bonds. The van der Waals surface area contributed by atoms with Gasteiger partial charge in [0.25, 0.3) is 11.9 Å². The highest BCUT2D eigenvalue weighted by Crippen LogP contribution is 2.13. The van der Waals surface area contributed by atoms with Gasteiger partial charge in [-0.25, -0.2) is 9.78 Å². The molecule has 2 aromatic rings. The molecule has 0 radical (unpaired) electrons. The zero-order valence-corrected chi connectivity index (χ0v) is 22.7. The number of nitrogens with zero attached hydrogens (tertiary/aromatic N) is 2. The highest BCUT2D eigenvalue weighted by Gasteiger charge is 2.38. The molecular weight excluding hydrogens is 521 g/mol. The zero-order valence-electron chi connectivity index (χ0n) is 22.7. The lowest BCUT2D eigenvalue weighted by atomic mass is 9.73. The molecule has 1 aromatic carbocycles. The number of amides is 3. The Morgan fingerprint density at radius 1 is 1.02 bits per heavy atom. The summed E-state index contributed by atoms with van der Waals surface area (Å²) in [5.74, 6) is -4.73. The van der Waals surface area contributed by atoms with Gasteiger partial charge in [0.2, 0.25) is 11.8 Å². The van der Waals surface area contributed by atoms with Crippen molar-refractivity contribution in [1.82, 2.24) is 25.9 Å². The molecule has 1 heterocycles. The number of nitrogens with one attached hydrogen (secondary N) is 3. The molecule has 0 spiro atoms. The Bertz CT molecular complexity index is 1140. The molecule has 0 unspecified atom stereocenters. The van der Waals surface area contributed by atoms with E-state index in [-0.39, 0.29) is 43.2 Å². The van der Waals surface area contributed by atoms with E-state index in [4.69, 9.17) is 14.4 Å². The molecule has 0 saturated carbocycles. The number of carbonyl (C=O) groups excluding carboxylic acids is 4. The second kappa shape index (κ2) is 16.6. The first kappa shape index (κ1) is 31.9. The van der Waals surface area contributed by atoms with Crippen LogP contribution < -0.4 is 16.0 Å².